The molecule has 0 spiro atoms. The third-order valence-electron chi connectivity index (χ3n) is 4.55. The normalized spacial score (nSPS) is 27.2. The highest BCUT2D eigenvalue weighted by molar-refractivity contribution is 5.27. The SMILES string of the molecule is COc1ccc(CCN2CC3CCCNC3C2)cc1. The zero-order chi connectivity index (χ0) is 13.1. The van der Waals surface area contributed by atoms with E-state index in [0.29, 0.717) is 0 Å². The lowest BCUT2D eigenvalue weighted by Crippen LogP contribution is -2.40. The van der Waals surface area contributed by atoms with Gasteiger partial charge in [-0.15, -0.1) is 0 Å². The summed E-state index contributed by atoms with van der Waals surface area (Å²) in [5.74, 6) is 1.84. The fourth-order valence-electron chi connectivity index (χ4n) is 3.40. The summed E-state index contributed by atoms with van der Waals surface area (Å²) < 4.78 is 5.19. The molecule has 1 aromatic rings. The number of nitrogens with one attached hydrogen (secondary N) is 1. The van der Waals surface area contributed by atoms with Gasteiger partial charge in [-0.05, 0) is 49.4 Å². The third-order valence-corrected chi connectivity index (χ3v) is 4.55. The van der Waals surface area contributed by atoms with Crippen LogP contribution in [0.3, 0.4) is 0 Å². The summed E-state index contributed by atoms with van der Waals surface area (Å²) in [6, 6.07) is 9.23. The van der Waals surface area contributed by atoms with Crippen molar-refractivity contribution in [2.75, 3.05) is 33.3 Å². The largest absolute Gasteiger partial charge is 0.497 e. The number of ether oxygens (including phenoxy) is 1. The highest BCUT2D eigenvalue weighted by Gasteiger charge is 2.33. The molecular weight excluding hydrogens is 236 g/mol. The Morgan fingerprint density at radius 2 is 2.11 bits per heavy atom. The average molecular weight is 260 g/mol. The van der Waals surface area contributed by atoms with Crippen LogP contribution in [0.2, 0.25) is 0 Å². The third kappa shape index (κ3) is 3.10. The fourth-order valence-corrected chi connectivity index (χ4v) is 3.40. The molecule has 2 aliphatic rings. The van der Waals surface area contributed by atoms with Crippen LogP contribution in [0.4, 0.5) is 0 Å². The second-order valence-electron chi connectivity index (χ2n) is 5.82. The molecule has 0 amide bonds. The zero-order valence-electron chi connectivity index (χ0n) is 11.8. The van der Waals surface area contributed by atoms with Crippen molar-refractivity contribution >= 4 is 0 Å². The lowest BCUT2D eigenvalue weighted by molar-refractivity contribution is 0.322. The Bertz CT molecular complexity index is 390. The van der Waals surface area contributed by atoms with E-state index in [1.807, 2.05) is 0 Å². The van der Waals surface area contributed by atoms with Crippen molar-refractivity contribution < 1.29 is 4.74 Å². The van der Waals surface area contributed by atoms with Crippen LogP contribution in [-0.2, 0) is 6.42 Å². The maximum atomic E-state index is 5.19. The summed E-state index contributed by atoms with van der Waals surface area (Å²) in [6.07, 6.45) is 3.91. The van der Waals surface area contributed by atoms with Crippen molar-refractivity contribution in [3.05, 3.63) is 29.8 Å². The standard InChI is InChI=1S/C16H24N2O/c1-19-15-6-4-13(5-7-15)8-10-18-11-14-3-2-9-17-16(14)12-18/h4-7,14,16-17H,2-3,8-12H2,1H3. The molecule has 2 fully saturated rings. The first-order valence-electron chi connectivity index (χ1n) is 7.44. The predicted molar refractivity (Wildman–Crippen MR) is 77.7 cm³/mol. The molecule has 2 atom stereocenters. The summed E-state index contributed by atoms with van der Waals surface area (Å²) in [7, 11) is 1.72. The molecule has 1 aromatic carbocycles. The van der Waals surface area contributed by atoms with E-state index in [1.54, 1.807) is 7.11 Å². The minimum Gasteiger partial charge on any atom is -0.497 e. The van der Waals surface area contributed by atoms with E-state index in [0.717, 1.165) is 24.1 Å². The van der Waals surface area contributed by atoms with E-state index >= 15 is 0 Å². The molecule has 0 aliphatic carbocycles. The highest BCUT2D eigenvalue weighted by atomic mass is 16.5. The van der Waals surface area contributed by atoms with Crippen LogP contribution in [0.1, 0.15) is 18.4 Å². The molecule has 0 saturated carbocycles. The number of benzene rings is 1. The number of hydrogen-bond donors (Lipinski definition) is 1. The Labute approximate surface area is 115 Å². The maximum Gasteiger partial charge on any atom is 0.118 e. The molecule has 2 saturated heterocycles. The molecule has 1 N–H and O–H groups in total. The van der Waals surface area contributed by atoms with Crippen LogP contribution >= 0.6 is 0 Å². The lowest BCUT2D eigenvalue weighted by Gasteiger charge is -2.24. The number of methoxy groups -OCH3 is 1. The number of likely N-dealkylation sites (tertiary alicyclic amines) is 1. The molecule has 0 bridgehead atoms. The van der Waals surface area contributed by atoms with Crippen LogP contribution in [0, 0.1) is 5.92 Å². The van der Waals surface area contributed by atoms with Crippen molar-refractivity contribution in [2.45, 2.75) is 25.3 Å². The van der Waals surface area contributed by atoms with Crippen LogP contribution in [0.25, 0.3) is 0 Å². The molecule has 2 heterocycles. The Hall–Kier alpha value is -1.06. The first kappa shape index (κ1) is 12.9. The molecule has 2 unspecified atom stereocenters. The van der Waals surface area contributed by atoms with Crippen molar-refractivity contribution in [2.24, 2.45) is 5.92 Å². The second-order valence-corrected chi connectivity index (χ2v) is 5.82. The monoisotopic (exact) mass is 260 g/mol. The Morgan fingerprint density at radius 3 is 2.84 bits per heavy atom. The number of fused-ring (bicyclic) bond motifs is 1. The summed E-state index contributed by atoms with van der Waals surface area (Å²) in [4.78, 5) is 2.62. The van der Waals surface area contributed by atoms with E-state index in [-0.39, 0.29) is 0 Å². The van der Waals surface area contributed by atoms with Crippen LogP contribution in [0.15, 0.2) is 24.3 Å². The summed E-state index contributed by atoms with van der Waals surface area (Å²) in [5.41, 5.74) is 1.41. The second kappa shape index (κ2) is 5.93. The van der Waals surface area contributed by atoms with Gasteiger partial charge in [-0.25, -0.2) is 0 Å². The molecule has 3 rings (SSSR count). The predicted octanol–water partition coefficient (Wildman–Crippen LogP) is 1.92. The lowest BCUT2D eigenvalue weighted by atomic mass is 9.94. The van der Waals surface area contributed by atoms with Crippen LogP contribution < -0.4 is 10.1 Å². The Morgan fingerprint density at radius 1 is 1.26 bits per heavy atom. The van der Waals surface area contributed by atoms with Crippen molar-refractivity contribution in [1.82, 2.24) is 10.2 Å². The van der Waals surface area contributed by atoms with E-state index in [1.165, 1.54) is 44.6 Å². The van der Waals surface area contributed by atoms with Crippen LogP contribution in [-0.4, -0.2) is 44.2 Å². The number of hydrogen-bond acceptors (Lipinski definition) is 3. The van der Waals surface area contributed by atoms with E-state index in [9.17, 15) is 0 Å². The summed E-state index contributed by atoms with van der Waals surface area (Å²) in [5, 5.41) is 3.67. The van der Waals surface area contributed by atoms with Crippen molar-refractivity contribution in [3.8, 4) is 5.75 Å². The van der Waals surface area contributed by atoms with Gasteiger partial charge in [-0.1, -0.05) is 12.1 Å². The molecule has 3 heteroatoms. The Kier molecular flexibility index (Phi) is 4.04. The Balaban J connectivity index is 1.49. The molecule has 0 aromatic heterocycles. The molecular formula is C16H24N2O. The van der Waals surface area contributed by atoms with Gasteiger partial charge in [-0.2, -0.15) is 0 Å². The van der Waals surface area contributed by atoms with Gasteiger partial charge in [0, 0.05) is 25.7 Å². The van der Waals surface area contributed by atoms with E-state index < -0.39 is 0 Å². The topological polar surface area (TPSA) is 24.5 Å². The molecule has 0 radical (unpaired) electrons. The van der Waals surface area contributed by atoms with Crippen molar-refractivity contribution in [3.63, 3.8) is 0 Å². The quantitative estimate of drug-likeness (QED) is 0.895. The molecule has 3 nitrogen and oxygen atoms in total. The van der Waals surface area contributed by atoms with Gasteiger partial charge < -0.3 is 15.0 Å². The molecule has 2 aliphatic heterocycles. The first-order chi connectivity index (χ1) is 9.35. The number of nitrogens with zero attached hydrogens (tertiary/aromatic N) is 1. The minimum absolute atomic E-state index is 0.754. The van der Waals surface area contributed by atoms with Gasteiger partial charge >= 0.3 is 0 Å². The van der Waals surface area contributed by atoms with Gasteiger partial charge in [0.1, 0.15) is 5.75 Å². The minimum atomic E-state index is 0.754. The van der Waals surface area contributed by atoms with Gasteiger partial charge in [0.2, 0.25) is 0 Å². The first-order valence-corrected chi connectivity index (χ1v) is 7.44. The van der Waals surface area contributed by atoms with E-state index in [2.05, 4.69) is 34.5 Å². The van der Waals surface area contributed by atoms with Crippen LogP contribution in [0.5, 0.6) is 5.75 Å². The fraction of sp³-hybridized carbons (Fsp3) is 0.625. The van der Waals surface area contributed by atoms with Gasteiger partial charge in [0.15, 0.2) is 0 Å². The summed E-state index contributed by atoms with van der Waals surface area (Å²) in [6.45, 7) is 4.92. The van der Waals surface area contributed by atoms with E-state index in [4.69, 9.17) is 4.74 Å². The number of piperidine rings is 1. The van der Waals surface area contributed by atoms with Gasteiger partial charge in [0.25, 0.3) is 0 Å². The van der Waals surface area contributed by atoms with Gasteiger partial charge in [-0.3, -0.25) is 0 Å². The highest BCUT2D eigenvalue weighted by Crippen LogP contribution is 2.25. The van der Waals surface area contributed by atoms with Crippen molar-refractivity contribution in [1.29, 1.82) is 0 Å². The zero-order valence-corrected chi connectivity index (χ0v) is 11.8. The average Bonchev–Trinajstić information content (AvgIpc) is 2.88. The van der Waals surface area contributed by atoms with Gasteiger partial charge in [0.05, 0.1) is 7.11 Å². The smallest absolute Gasteiger partial charge is 0.118 e. The molecule has 19 heavy (non-hydrogen) atoms. The number of rotatable bonds is 4. The summed E-state index contributed by atoms with van der Waals surface area (Å²) >= 11 is 0. The molecule has 104 valence electrons. The maximum absolute atomic E-state index is 5.19.